The van der Waals surface area contributed by atoms with Gasteiger partial charge in [-0.2, -0.15) is 0 Å². The number of nitrogens with two attached hydrogens (primary N) is 2. The molecule has 21 heavy (non-hydrogen) atoms. The third kappa shape index (κ3) is 4.89. The van der Waals surface area contributed by atoms with Crippen molar-refractivity contribution in [2.45, 2.75) is 32.7 Å². The van der Waals surface area contributed by atoms with Crippen LogP contribution < -0.4 is 20.9 Å². The number of methoxy groups -OCH3 is 2. The Balaban J connectivity index is 3.02. The first-order valence-corrected chi connectivity index (χ1v) is 7.45. The van der Waals surface area contributed by atoms with Crippen LogP contribution in [0.1, 0.15) is 38.3 Å². The fourth-order valence-electron chi connectivity index (χ4n) is 2.40. The lowest BCUT2D eigenvalue weighted by molar-refractivity contribution is -0.120. The van der Waals surface area contributed by atoms with Gasteiger partial charge in [0.05, 0.1) is 14.2 Å². The van der Waals surface area contributed by atoms with Crippen LogP contribution in [0, 0.1) is 5.41 Å². The molecule has 0 spiro atoms. The summed E-state index contributed by atoms with van der Waals surface area (Å²) in [6, 6.07) is 3.44. The number of ether oxygens (including phenoxy) is 2. The van der Waals surface area contributed by atoms with Crippen molar-refractivity contribution in [1.82, 2.24) is 0 Å². The molecule has 0 aliphatic carbocycles. The monoisotopic (exact) mass is 358 g/mol. The highest BCUT2D eigenvalue weighted by atomic mass is 79.9. The van der Waals surface area contributed by atoms with Crippen molar-refractivity contribution >= 4 is 21.8 Å². The summed E-state index contributed by atoms with van der Waals surface area (Å²) in [4.78, 5) is 11.1. The van der Waals surface area contributed by atoms with E-state index in [0.29, 0.717) is 24.3 Å². The Morgan fingerprint density at radius 1 is 1.29 bits per heavy atom. The SMILES string of the molecule is COc1cc(Br)c(C(N)CC(C)(C)CC(N)=O)cc1OC. The van der Waals surface area contributed by atoms with Crippen LogP contribution in [-0.2, 0) is 4.79 Å². The van der Waals surface area contributed by atoms with Crippen molar-refractivity contribution in [2.75, 3.05) is 14.2 Å². The van der Waals surface area contributed by atoms with Gasteiger partial charge in [-0.1, -0.05) is 29.8 Å². The number of carbonyl (C=O) groups is 1. The molecule has 0 radical (unpaired) electrons. The number of carbonyl (C=O) groups excluding carboxylic acids is 1. The Morgan fingerprint density at radius 3 is 2.29 bits per heavy atom. The predicted octanol–water partition coefficient (Wildman–Crippen LogP) is 2.76. The molecular weight excluding hydrogens is 336 g/mol. The molecule has 1 aromatic rings. The largest absolute Gasteiger partial charge is 0.493 e. The van der Waals surface area contributed by atoms with Crippen LogP contribution in [0.5, 0.6) is 11.5 Å². The second kappa shape index (κ2) is 7.13. The average Bonchev–Trinajstić information content (AvgIpc) is 2.35. The second-order valence-corrected chi connectivity index (χ2v) is 6.70. The molecule has 0 aromatic heterocycles. The van der Waals surface area contributed by atoms with Gasteiger partial charge in [-0.3, -0.25) is 4.79 Å². The molecule has 0 aliphatic heterocycles. The van der Waals surface area contributed by atoms with E-state index >= 15 is 0 Å². The van der Waals surface area contributed by atoms with Gasteiger partial charge < -0.3 is 20.9 Å². The summed E-state index contributed by atoms with van der Waals surface area (Å²) in [5, 5.41) is 0. The molecule has 1 aromatic carbocycles. The Labute approximate surface area is 134 Å². The first-order chi connectivity index (χ1) is 9.70. The summed E-state index contributed by atoms with van der Waals surface area (Å²) >= 11 is 3.50. The smallest absolute Gasteiger partial charge is 0.217 e. The van der Waals surface area contributed by atoms with E-state index in [1.54, 1.807) is 14.2 Å². The first kappa shape index (κ1) is 17.8. The summed E-state index contributed by atoms with van der Waals surface area (Å²) in [7, 11) is 3.16. The van der Waals surface area contributed by atoms with Crippen molar-refractivity contribution in [2.24, 2.45) is 16.9 Å². The van der Waals surface area contributed by atoms with Gasteiger partial charge >= 0.3 is 0 Å². The van der Waals surface area contributed by atoms with Gasteiger partial charge in [0.2, 0.25) is 5.91 Å². The van der Waals surface area contributed by atoms with Gasteiger partial charge in [-0.25, -0.2) is 0 Å². The van der Waals surface area contributed by atoms with Gasteiger partial charge in [-0.15, -0.1) is 0 Å². The third-order valence-corrected chi connectivity index (χ3v) is 4.01. The summed E-state index contributed by atoms with van der Waals surface area (Å²) in [5.41, 5.74) is 12.2. The predicted molar refractivity (Wildman–Crippen MR) is 86.4 cm³/mol. The molecule has 0 fully saturated rings. The molecule has 1 rings (SSSR count). The zero-order chi connectivity index (χ0) is 16.2. The second-order valence-electron chi connectivity index (χ2n) is 5.85. The normalized spacial score (nSPS) is 12.9. The lowest BCUT2D eigenvalue weighted by Gasteiger charge is -2.27. The zero-order valence-corrected chi connectivity index (χ0v) is 14.5. The van der Waals surface area contributed by atoms with E-state index in [-0.39, 0.29) is 17.4 Å². The van der Waals surface area contributed by atoms with E-state index in [1.807, 2.05) is 26.0 Å². The summed E-state index contributed by atoms with van der Waals surface area (Å²) in [6.45, 7) is 3.96. The molecule has 0 aliphatic rings. The highest BCUT2D eigenvalue weighted by Crippen LogP contribution is 2.39. The Hall–Kier alpha value is -1.27. The van der Waals surface area contributed by atoms with Crippen molar-refractivity contribution in [1.29, 1.82) is 0 Å². The standard InChI is InChI=1S/C15H23BrN2O3/c1-15(2,8-14(18)19)7-11(17)9-5-12(20-3)13(21-4)6-10(9)16/h5-6,11H,7-8,17H2,1-4H3,(H2,18,19). The lowest BCUT2D eigenvalue weighted by atomic mass is 9.81. The number of benzene rings is 1. The summed E-state index contributed by atoms with van der Waals surface area (Å²) in [5.74, 6) is 0.939. The number of amides is 1. The molecule has 0 bridgehead atoms. The van der Waals surface area contributed by atoms with E-state index in [1.165, 1.54) is 0 Å². The molecule has 4 N–H and O–H groups in total. The van der Waals surface area contributed by atoms with Crippen LogP contribution in [0.2, 0.25) is 0 Å². The molecule has 1 unspecified atom stereocenters. The van der Waals surface area contributed by atoms with Gasteiger partial charge in [-0.05, 0) is 29.5 Å². The fourth-order valence-corrected chi connectivity index (χ4v) is 3.02. The number of halogens is 1. The van der Waals surface area contributed by atoms with Crippen LogP contribution in [-0.4, -0.2) is 20.1 Å². The number of hydrogen-bond donors (Lipinski definition) is 2. The van der Waals surface area contributed by atoms with E-state index < -0.39 is 0 Å². The minimum absolute atomic E-state index is 0.242. The van der Waals surface area contributed by atoms with E-state index in [4.69, 9.17) is 20.9 Å². The van der Waals surface area contributed by atoms with Gasteiger partial charge in [0, 0.05) is 16.9 Å². The fraction of sp³-hybridized carbons (Fsp3) is 0.533. The van der Waals surface area contributed by atoms with Crippen molar-refractivity contribution in [3.63, 3.8) is 0 Å². The third-order valence-electron chi connectivity index (χ3n) is 3.33. The molecule has 118 valence electrons. The van der Waals surface area contributed by atoms with Crippen LogP contribution >= 0.6 is 15.9 Å². The molecule has 0 heterocycles. The first-order valence-electron chi connectivity index (χ1n) is 6.65. The Kier molecular flexibility index (Phi) is 6.04. The maximum Gasteiger partial charge on any atom is 0.217 e. The van der Waals surface area contributed by atoms with E-state index in [0.717, 1.165) is 10.0 Å². The molecule has 1 amide bonds. The number of primary amides is 1. The van der Waals surface area contributed by atoms with Crippen molar-refractivity contribution < 1.29 is 14.3 Å². The molecule has 6 heteroatoms. The minimum atomic E-state index is -0.321. The van der Waals surface area contributed by atoms with Crippen LogP contribution in [0.25, 0.3) is 0 Å². The molecule has 0 saturated heterocycles. The molecule has 1 atom stereocenters. The molecular formula is C15H23BrN2O3. The summed E-state index contributed by atoms with van der Waals surface area (Å²) in [6.07, 6.45) is 0.926. The van der Waals surface area contributed by atoms with Crippen LogP contribution in [0.4, 0.5) is 0 Å². The lowest BCUT2D eigenvalue weighted by Crippen LogP contribution is -2.27. The number of rotatable bonds is 7. The molecule has 5 nitrogen and oxygen atoms in total. The van der Waals surface area contributed by atoms with Crippen molar-refractivity contribution in [3.8, 4) is 11.5 Å². The van der Waals surface area contributed by atoms with Crippen molar-refractivity contribution in [3.05, 3.63) is 22.2 Å². The van der Waals surface area contributed by atoms with E-state index in [2.05, 4.69) is 15.9 Å². The maximum absolute atomic E-state index is 11.1. The topological polar surface area (TPSA) is 87.6 Å². The van der Waals surface area contributed by atoms with Crippen LogP contribution in [0.15, 0.2) is 16.6 Å². The van der Waals surface area contributed by atoms with Gasteiger partial charge in [0.1, 0.15) is 0 Å². The Morgan fingerprint density at radius 2 is 1.81 bits per heavy atom. The quantitative estimate of drug-likeness (QED) is 0.784. The maximum atomic E-state index is 11.1. The summed E-state index contributed by atoms with van der Waals surface area (Å²) < 4.78 is 11.4. The Bertz CT molecular complexity index is 518. The minimum Gasteiger partial charge on any atom is -0.493 e. The van der Waals surface area contributed by atoms with E-state index in [9.17, 15) is 4.79 Å². The zero-order valence-electron chi connectivity index (χ0n) is 12.9. The van der Waals surface area contributed by atoms with Gasteiger partial charge in [0.15, 0.2) is 11.5 Å². The number of hydrogen-bond acceptors (Lipinski definition) is 4. The molecule has 0 saturated carbocycles. The highest BCUT2D eigenvalue weighted by Gasteiger charge is 2.26. The van der Waals surface area contributed by atoms with Crippen LogP contribution in [0.3, 0.4) is 0 Å². The highest BCUT2D eigenvalue weighted by molar-refractivity contribution is 9.10. The average molecular weight is 359 g/mol. The van der Waals surface area contributed by atoms with Gasteiger partial charge in [0.25, 0.3) is 0 Å².